The molecule has 41 heavy (non-hydrogen) atoms. The van der Waals surface area contributed by atoms with Crippen molar-refractivity contribution in [1.82, 2.24) is 9.88 Å². The summed E-state index contributed by atoms with van der Waals surface area (Å²) in [4.78, 5) is 40.5. The standard InChI is InChI=1S/C33H31Cl2N3O3/c1-18-10-23(19(2)37(18)28-5-3-4-27(34)29(28)35)14-26-30(39)36-32(41)38(31(26)40)25-8-6-24(7-9-25)33-15-20-11-21(16-33)13-22(12-20)17-33/h3-10,14,20-22H,11-13,15-17H2,1-2H3,(H,36,39,41)/b26-14+. The maximum Gasteiger partial charge on any atom is 0.335 e. The molecule has 4 aliphatic carbocycles. The van der Waals surface area contributed by atoms with Crippen molar-refractivity contribution in [2.24, 2.45) is 17.8 Å². The fourth-order valence-corrected chi connectivity index (χ4v) is 8.83. The first-order chi connectivity index (χ1) is 19.6. The van der Waals surface area contributed by atoms with E-state index >= 15 is 0 Å². The van der Waals surface area contributed by atoms with Crippen LogP contribution in [0.25, 0.3) is 11.8 Å². The molecule has 3 aromatic rings. The SMILES string of the molecule is Cc1cc(/C=C2\C(=O)NC(=O)N(c3ccc(C45CC6CC(CC(C6)C4)C5)cc3)C2=O)c(C)n1-c1cccc(Cl)c1Cl. The molecule has 4 amide bonds. The van der Waals surface area contributed by atoms with Gasteiger partial charge in [-0.15, -0.1) is 0 Å². The van der Waals surface area contributed by atoms with E-state index in [0.717, 1.165) is 34.0 Å². The fourth-order valence-electron chi connectivity index (χ4n) is 8.45. The van der Waals surface area contributed by atoms with Crippen molar-refractivity contribution in [3.8, 4) is 5.69 Å². The first kappa shape index (κ1) is 26.5. The van der Waals surface area contributed by atoms with Gasteiger partial charge in [0.15, 0.2) is 0 Å². The first-order valence-corrected chi connectivity index (χ1v) is 15.0. The molecule has 2 aromatic carbocycles. The van der Waals surface area contributed by atoms with Gasteiger partial charge < -0.3 is 4.57 Å². The van der Waals surface area contributed by atoms with Gasteiger partial charge in [-0.25, -0.2) is 9.69 Å². The number of imide groups is 2. The Balaban J connectivity index is 1.20. The number of hydrogen-bond donors (Lipinski definition) is 1. The zero-order chi connectivity index (χ0) is 28.6. The maximum atomic E-state index is 13.7. The molecule has 4 saturated carbocycles. The summed E-state index contributed by atoms with van der Waals surface area (Å²) in [6.07, 6.45) is 9.37. The summed E-state index contributed by atoms with van der Waals surface area (Å²) < 4.78 is 1.93. The van der Waals surface area contributed by atoms with Crippen LogP contribution in [0.1, 0.15) is 61.0 Å². The van der Waals surface area contributed by atoms with E-state index in [0.29, 0.717) is 27.0 Å². The van der Waals surface area contributed by atoms with E-state index in [2.05, 4.69) is 17.4 Å². The molecule has 0 radical (unpaired) electrons. The number of nitrogens with zero attached hydrogens (tertiary/aromatic N) is 2. The summed E-state index contributed by atoms with van der Waals surface area (Å²) in [6.45, 7) is 3.80. The molecule has 8 rings (SSSR count). The van der Waals surface area contributed by atoms with Crippen molar-refractivity contribution in [2.75, 3.05) is 4.90 Å². The number of barbiturate groups is 1. The summed E-state index contributed by atoms with van der Waals surface area (Å²) in [5, 5.41) is 3.20. The monoisotopic (exact) mass is 587 g/mol. The Labute approximate surface area is 249 Å². The van der Waals surface area contributed by atoms with Crippen LogP contribution in [0, 0.1) is 31.6 Å². The van der Waals surface area contributed by atoms with E-state index in [1.807, 2.05) is 48.7 Å². The number of hydrogen-bond acceptors (Lipinski definition) is 3. The number of carbonyl (C=O) groups is 3. The first-order valence-electron chi connectivity index (χ1n) is 14.3. The number of aryl methyl sites for hydroxylation is 1. The van der Waals surface area contributed by atoms with Crippen molar-refractivity contribution < 1.29 is 14.4 Å². The predicted molar refractivity (Wildman–Crippen MR) is 161 cm³/mol. The van der Waals surface area contributed by atoms with E-state index < -0.39 is 17.8 Å². The van der Waals surface area contributed by atoms with Gasteiger partial charge in [0, 0.05) is 11.4 Å². The number of nitrogens with one attached hydrogen (secondary N) is 1. The van der Waals surface area contributed by atoms with Gasteiger partial charge in [0.1, 0.15) is 5.57 Å². The van der Waals surface area contributed by atoms with Gasteiger partial charge in [-0.05, 0) is 123 Å². The van der Waals surface area contributed by atoms with E-state index in [9.17, 15) is 14.4 Å². The Morgan fingerprint density at radius 1 is 0.902 bits per heavy atom. The molecule has 1 N–H and O–H groups in total. The molecule has 0 spiro atoms. The van der Waals surface area contributed by atoms with Gasteiger partial charge in [-0.2, -0.15) is 0 Å². The second-order valence-corrected chi connectivity index (χ2v) is 13.2. The van der Waals surface area contributed by atoms with Crippen LogP contribution < -0.4 is 10.2 Å². The Bertz CT molecular complexity index is 1620. The van der Waals surface area contributed by atoms with Crippen LogP contribution in [0.3, 0.4) is 0 Å². The van der Waals surface area contributed by atoms with E-state index in [1.54, 1.807) is 6.07 Å². The number of aromatic nitrogens is 1. The van der Waals surface area contributed by atoms with Crippen LogP contribution in [0.15, 0.2) is 54.1 Å². The normalized spacial score (nSPS) is 28.1. The Morgan fingerprint density at radius 2 is 1.54 bits per heavy atom. The van der Waals surface area contributed by atoms with Crippen LogP contribution in [0.2, 0.25) is 10.0 Å². The molecule has 5 fully saturated rings. The topological polar surface area (TPSA) is 71.4 Å². The van der Waals surface area contributed by atoms with Crippen molar-refractivity contribution in [2.45, 2.75) is 57.8 Å². The lowest BCUT2D eigenvalue weighted by molar-refractivity contribution is -0.122. The van der Waals surface area contributed by atoms with Crippen LogP contribution in [-0.2, 0) is 15.0 Å². The van der Waals surface area contributed by atoms with Gasteiger partial charge in [0.2, 0.25) is 0 Å². The van der Waals surface area contributed by atoms with Crippen molar-refractivity contribution in [1.29, 1.82) is 0 Å². The second kappa shape index (κ2) is 9.60. The third-order valence-electron chi connectivity index (χ3n) is 9.82. The minimum Gasteiger partial charge on any atom is -0.316 e. The number of anilines is 1. The Kier molecular flexibility index (Phi) is 6.22. The van der Waals surface area contributed by atoms with Gasteiger partial charge in [-0.1, -0.05) is 41.4 Å². The summed E-state index contributed by atoms with van der Waals surface area (Å²) >= 11 is 12.7. The number of benzene rings is 2. The van der Waals surface area contributed by atoms with Gasteiger partial charge in [-0.3, -0.25) is 14.9 Å². The molecular formula is C33H31Cl2N3O3. The van der Waals surface area contributed by atoms with Gasteiger partial charge in [0.25, 0.3) is 11.8 Å². The minimum absolute atomic E-state index is 0.104. The smallest absolute Gasteiger partial charge is 0.316 e. The molecule has 1 saturated heterocycles. The molecule has 0 atom stereocenters. The minimum atomic E-state index is -0.740. The average Bonchev–Trinajstić information content (AvgIpc) is 3.20. The molecule has 6 nitrogen and oxygen atoms in total. The maximum absolute atomic E-state index is 13.7. The van der Waals surface area contributed by atoms with Crippen LogP contribution >= 0.6 is 23.2 Å². The Morgan fingerprint density at radius 3 is 2.17 bits per heavy atom. The van der Waals surface area contributed by atoms with Crippen molar-refractivity contribution in [3.63, 3.8) is 0 Å². The average molecular weight is 589 g/mol. The lowest BCUT2D eigenvalue weighted by atomic mass is 9.48. The van der Waals surface area contributed by atoms with Crippen LogP contribution in [0.5, 0.6) is 0 Å². The van der Waals surface area contributed by atoms with E-state index in [1.165, 1.54) is 50.2 Å². The predicted octanol–water partition coefficient (Wildman–Crippen LogP) is 7.54. The highest BCUT2D eigenvalue weighted by Gasteiger charge is 2.51. The van der Waals surface area contributed by atoms with E-state index in [4.69, 9.17) is 23.2 Å². The number of rotatable bonds is 4. The summed E-state index contributed by atoms with van der Waals surface area (Å²) in [6, 6.07) is 14.4. The highest BCUT2D eigenvalue weighted by Crippen LogP contribution is 2.60. The van der Waals surface area contributed by atoms with Crippen molar-refractivity contribution >= 4 is 52.8 Å². The molecular weight excluding hydrogens is 557 g/mol. The van der Waals surface area contributed by atoms with E-state index in [-0.39, 0.29) is 11.0 Å². The molecule has 2 heterocycles. The molecule has 0 unspecified atom stereocenters. The molecule has 5 aliphatic rings. The summed E-state index contributed by atoms with van der Waals surface area (Å²) in [5.74, 6) is 1.11. The highest BCUT2D eigenvalue weighted by molar-refractivity contribution is 6.43. The molecule has 1 aromatic heterocycles. The zero-order valence-electron chi connectivity index (χ0n) is 23.0. The molecule has 210 valence electrons. The number of halogens is 2. The summed E-state index contributed by atoms with van der Waals surface area (Å²) in [5.41, 5.74) is 4.89. The largest absolute Gasteiger partial charge is 0.335 e. The quantitative estimate of drug-likeness (QED) is 0.253. The van der Waals surface area contributed by atoms with Crippen LogP contribution in [-0.4, -0.2) is 22.4 Å². The zero-order valence-corrected chi connectivity index (χ0v) is 24.6. The molecule has 1 aliphatic heterocycles. The van der Waals surface area contributed by atoms with Gasteiger partial charge >= 0.3 is 6.03 Å². The number of urea groups is 1. The third kappa shape index (κ3) is 4.26. The van der Waals surface area contributed by atoms with Crippen LogP contribution in [0.4, 0.5) is 10.5 Å². The van der Waals surface area contributed by atoms with Gasteiger partial charge in [0.05, 0.1) is 21.4 Å². The lowest BCUT2D eigenvalue weighted by Crippen LogP contribution is -2.54. The summed E-state index contributed by atoms with van der Waals surface area (Å²) in [7, 11) is 0. The lowest BCUT2D eigenvalue weighted by Gasteiger charge is -2.57. The molecule has 4 bridgehead atoms. The fraction of sp³-hybridized carbons (Fsp3) is 0.364. The third-order valence-corrected chi connectivity index (χ3v) is 10.6. The number of amides is 4. The van der Waals surface area contributed by atoms with Crippen molar-refractivity contribution in [3.05, 3.63) is 86.7 Å². The Hall–Kier alpha value is -3.35. The highest BCUT2D eigenvalue weighted by atomic mass is 35.5. The number of carbonyl (C=O) groups excluding carboxylic acids is 3. The molecule has 8 heteroatoms. The second-order valence-electron chi connectivity index (χ2n) is 12.4.